The zero-order chi connectivity index (χ0) is 12.1. The number of hydrogen-bond donors (Lipinski definition) is 1. The normalized spacial score (nSPS) is 12.4. The summed E-state index contributed by atoms with van der Waals surface area (Å²) in [6, 6.07) is 0. The maximum absolute atomic E-state index is 11.3. The maximum atomic E-state index is 11.3. The van der Waals surface area contributed by atoms with Crippen LogP contribution in [0.5, 0.6) is 0 Å². The molecule has 0 fully saturated rings. The quantitative estimate of drug-likeness (QED) is 0.562. The van der Waals surface area contributed by atoms with Crippen LogP contribution in [0, 0.1) is 0 Å². The van der Waals surface area contributed by atoms with Gasteiger partial charge in [-0.3, -0.25) is 4.79 Å². The Bertz CT molecular complexity index is 276. The molecular weight excluding hydrogens is 196 g/mol. The average molecular weight is 214 g/mol. The van der Waals surface area contributed by atoms with E-state index in [4.69, 9.17) is 9.84 Å². The summed E-state index contributed by atoms with van der Waals surface area (Å²) in [6.07, 6.45) is 2.08. The first kappa shape index (κ1) is 13.7. The highest BCUT2D eigenvalue weighted by atomic mass is 16.6. The first-order valence-electron chi connectivity index (χ1n) is 4.90. The molecule has 0 heterocycles. The van der Waals surface area contributed by atoms with Crippen molar-refractivity contribution < 1.29 is 19.4 Å². The summed E-state index contributed by atoms with van der Waals surface area (Å²) in [7, 11) is 0. The Morgan fingerprint density at radius 1 is 1.40 bits per heavy atom. The number of hydrogen-bond acceptors (Lipinski definition) is 3. The van der Waals surface area contributed by atoms with Crippen molar-refractivity contribution in [3.05, 3.63) is 11.6 Å². The van der Waals surface area contributed by atoms with Gasteiger partial charge in [0.2, 0.25) is 0 Å². The van der Waals surface area contributed by atoms with Crippen molar-refractivity contribution in [2.45, 2.75) is 46.1 Å². The third-order valence-corrected chi connectivity index (χ3v) is 2.15. The lowest BCUT2D eigenvalue weighted by molar-refractivity contribution is -0.155. The van der Waals surface area contributed by atoms with Gasteiger partial charge in [0, 0.05) is 5.57 Å². The van der Waals surface area contributed by atoms with Crippen LogP contribution in [0.1, 0.15) is 40.5 Å². The number of carboxylic acids is 1. The fraction of sp³-hybridized carbons (Fsp3) is 0.636. The first-order valence-corrected chi connectivity index (χ1v) is 4.90. The van der Waals surface area contributed by atoms with Gasteiger partial charge in [0.15, 0.2) is 0 Å². The third kappa shape index (κ3) is 5.88. The van der Waals surface area contributed by atoms with Gasteiger partial charge in [-0.15, -0.1) is 0 Å². The van der Waals surface area contributed by atoms with Gasteiger partial charge >= 0.3 is 11.9 Å². The van der Waals surface area contributed by atoms with Crippen LogP contribution in [0.4, 0.5) is 0 Å². The first-order chi connectivity index (χ1) is 6.78. The van der Waals surface area contributed by atoms with Crippen LogP contribution in [0.25, 0.3) is 0 Å². The Labute approximate surface area is 89.9 Å². The van der Waals surface area contributed by atoms with Crippen LogP contribution in [0.2, 0.25) is 0 Å². The lowest BCUT2D eigenvalue weighted by Crippen LogP contribution is -2.26. The zero-order valence-electron chi connectivity index (χ0n) is 9.66. The van der Waals surface area contributed by atoms with Crippen molar-refractivity contribution in [1.82, 2.24) is 0 Å². The molecule has 0 aromatic rings. The molecule has 0 unspecified atom stereocenters. The van der Waals surface area contributed by atoms with E-state index in [1.807, 2.05) is 20.8 Å². The molecule has 0 saturated carbocycles. The smallest absolute Gasteiger partial charge is 0.330 e. The van der Waals surface area contributed by atoms with Crippen molar-refractivity contribution in [3.63, 3.8) is 0 Å². The van der Waals surface area contributed by atoms with E-state index in [-0.39, 0.29) is 12.0 Å². The molecule has 4 heteroatoms. The summed E-state index contributed by atoms with van der Waals surface area (Å²) < 4.78 is 5.14. The number of aliphatic carboxylic acids is 1. The largest absolute Gasteiger partial charge is 0.478 e. The van der Waals surface area contributed by atoms with E-state index in [2.05, 4.69) is 0 Å². The zero-order valence-corrected chi connectivity index (χ0v) is 9.66. The van der Waals surface area contributed by atoms with Crippen molar-refractivity contribution >= 4 is 11.9 Å². The minimum Gasteiger partial charge on any atom is -0.478 e. The predicted octanol–water partition coefficient (Wildman–Crippen LogP) is 2.14. The second-order valence-corrected chi connectivity index (χ2v) is 3.98. The predicted molar refractivity (Wildman–Crippen MR) is 56.5 cm³/mol. The molecule has 0 radical (unpaired) electrons. The molecule has 0 aromatic heterocycles. The summed E-state index contributed by atoms with van der Waals surface area (Å²) in [4.78, 5) is 21.7. The summed E-state index contributed by atoms with van der Waals surface area (Å²) in [6.45, 7) is 7.00. The number of carbonyl (C=O) groups is 2. The topological polar surface area (TPSA) is 63.6 Å². The van der Waals surface area contributed by atoms with E-state index in [1.54, 1.807) is 0 Å². The number of ether oxygens (including phenoxy) is 1. The Hall–Kier alpha value is -1.32. The van der Waals surface area contributed by atoms with Crippen LogP contribution in [-0.2, 0) is 14.3 Å². The number of carbonyl (C=O) groups excluding carboxylic acids is 1. The van der Waals surface area contributed by atoms with Crippen molar-refractivity contribution in [2.24, 2.45) is 0 Å². The lowest BCUT2D eigenvalue weighted by Gasteiger charge is -2.22. The molecule has 1 N–H and O–H groups in total. The SMILES string of the molecule is CCC(C)(C)OC(=O)CC=C(C)C(=O)O. The summed E-state index contributed by atoms with van der Waals surface area (Å²) in [5, 5.41) is 8.55. The molecule has 4 nitrogen and oxygen atoms in total. The molecule has 0 bridgehead atoms. The molecular formula is C11H18O4. The molecule has 0 aliphatic heterocycles. The van der Waals surface area contributed by atoms with E-state index in [9.17, 15) is 9.59 Å². The second-order valence-electron chi connectivity index (χ2n) is 3.98. The molecule has 0 rings (SSSR count). The molecule has 0 spiro atoms. The molecule has 0 aliphatic rings. The van der Waals surface area contributed by atoms with Gasteiger partial charge in [-0.2, -0.15) is 0 Å². The second kappa shape index (κ2) is 5.53. The van der Waals surface area contributed by atoms with Gasteiger partial charge in [-0.25, -0.2) is 4.79 Å². The van der Waals surface area contributed by atoms with Gasteiger partial charge in [0.05, 0.1) is 6.42 Å². The van der Waals surface area contributed by atoms with Crippen LogP contribution >= 0.6 is 0 Å². The van der Waals surface area contributed by atoms with Crippen molar-refractivity contribution in [2.75, 3.05) is 0 Å². The minimum atomic E-state index is -1.02. The molecule has 15 heavy (non-hydrogen) atoms. The van der Waals surface area contributed by atoms with Crippen LogP contribution in [-0.4, -0.2) is 22.6 Å². The average Bonchev–Trinajstić information content (AvgIpc) is 2.13. The molecule has 0 aliphatic carbocycles. The van der Waals surface area contributed by atoms with E-state index in [0.717, 1.165) is 6.42 Å². The Kier molecular flexibility index (Phi) is 5.05. The van der Waals surface area contributed by atoms with Crippen LogP contribution in [0.3, 0.4) is 0 Å². The Morgan fingerprint density at radius 3 is 2.33 bits per heavy atom. The molecule has 0 saturated heterocycles. The van der Waals surface area contributed by atoms with Crippen molar-refractivity contribution in [1.29, 1.82) is 0 Å². The molecule has 0 atom stereocenters. The number of esters is 1. The van der Waals surface area contributed by atoms with Gasteiger partial charge < -0.3 is 9.84 Å². The summed E-state index contributed by atoms with van der Waals surface area (Å²) >= 11 is 0. The van der Waals surface area contributed by atoms with E-state index in [1.165, 1.54) is 13.0 Å². The minimum absolute atomic E-state index is 0.00155. The Balaban J connectivity index is 4.17. The van der Waals surface area contributed by atoms with Gasteiger partial charge in [-0.1, -0.05) is 13.0 Å². The fourth-order valence-electron chi connectivity index (χ4n) is 0.746. The highest BCUT2D eigenvalue weighted by molar-refractivity contribution is 5.86. The third-order valence-electron chi connectivity index (χ3n) is 2.15. The standard InChI is InChI=1S/C11H18O4/c1-5-11(3,4)15-9(12)7-6-8(2)10(13)14/h6H,5,7H2,1-4H3,(H,13,14). The number of carboxylic acid groups (broad SMARTS) is 1. The van der Waals surface area contributed by atoms with E-state index in [0.29, 0.717) is 0 Å². The van der Waals surface area contributed by atoms with Gasteiger partial charge in [-0.05, 0) is 27.2 Å². The maximum Gasteiger partial charge on any atom is 0.330 e. The lowest BCUT2D eigenvalue weighted by atomic mass is 10.1. The van der Waals surface area contributed by atoms with Crippen LogP contribution in [0.15, 0.2) is 11.6 Å². The van der Waals surface area contributed by atoms with E-state index >= 15 is 0 Å². The summed E-state index contributed by atoms with van der Waals surface area (Å²) in [5.41, 5.74) is -0.330. The summed E-state index contributed by atoms with van der Waals surface area (Å²) in [5.74, 6) is -1.42. The fourth-order valence-corrected chi connectivity index (χ4v) is 0.746. The number of rotatable bonds is 5. The monoisotopic (exact) mass is 214 g/mol. The molecule has 0 aromatic carbocycles. The highest BCUT2D eigenvalue weighted by Gasteiger charge is 2.19. The van der Waals surface area contributed by atoms with Crippen LogP contribution < -0.4 is 0 Å². The van der Waals surface area contributed by atoms with E-state index < -0.39 is 17.5 Å². The van der Waals surface area contributed by atoms with Gasteiger partial charge in [0.25, 0.3) is 0 Å². The highest BCUT2D eigenvalue weighted by Crippen LogP contribution is 2.14. The molecule has 0 amide bonds. The molecule has 86 valence electrons. The van der Waals surface area contributed by atoms with Gasteiger partial charge in [0.1, 0.15) is 5.60 Å². The Morgan fingerprint density at radius 2 is 1.93 bits per heavy atom. The van der Waals surface area contributed by atoms with Crippen molar-refractivity contribution in [3.8, 4) is 0 Å².